The van der Waals surface area contributed by atoms with Gasteiger partial charge in [-0.1, -0.05) is 28.1 Å². The van der Waals surface area contributed by atoms with Crippen molar-refractivity contribution in [3.05, 3.63) is 46.2 Å². The highest BCUT2D eigenvalue weighted by atomic mass is 79.9. The predicted molar refractivity (Wildman–Crippen MR) is 64.6 cm³/mol. The number of carbonyl (C=O) groups is 1. The van der Waals surface area contributed by atoms with Gasteiger partial charge in [-0.05, 0) is 18.2 Å². The highest BCUT2D eigenvalue weighted by molar-refractivity contribution is 9.10. The summed E-state index contributed by atoms with van der Waals surface area (Å²) in [5.41, 5.74) is 5.26. The van der Waals surface area contributed by atoms with Gasteiger partial charge in [-0.15, -0.1) is 0 Å². The van der Waals surface area contributed by atoms with Gasteiger partial charge in [-0.3, -0.25) is 4.79 Å². The summed E-state index contributed by atoms with van der Waals surface area (Å²) in [4.78, 5) is 11.5. The Labute approximate surface area is 102 Å². The Bertz CT molecular complexity index is 407. The fourth-order valence-electron chi connectivity index (χ4n) is 1.10. The maximum atomic E-state index is 13.3. The minimum absolute atomic E-state index is 0.0236. The van der Waals surface area contributed by atoms with Crippen LogP contribution in [0.5, 0.6) is 0 Å². The first-order chi connectivity index (χ1) is 7.65. The standard InChI is InChI=1S/C11H12BrFN2O/c12-8-3-4-10(13)9(7-8)11(16)15-6-2-1-5-14/h1-4,7H,5-6,14H2,(H,15,16)/b2-1+. The van der Waals surface area contributed by atoms with Crippen molar-refractivity contribution in [3.63, 3.8) is 0 Å². The monoisotopic (exact) mass is 286 g/mol. The lowest BCUT2D eigenvalue weighted by Crippen LogP contribution is -2.24. The third-order valence-electron chi connectivity index (χ3n) is 1.86. The van der Waals surface area contributed by atoms with Crippen molar-refractivity contribution in [1.82, 2.24) is 5.32 Å². The molecule has 1 amide bonds. The summed E-state index contributed by atoms with van der Waals surface area (Å²) in [5, 5.41) is 2.56. The molecule has 1 aromatic carbocycles. The fourth-order valence-corrected chi connectivity index (χ4v) is 1.46. The number of halogens is 2. The van der Waals surface area contributed by atoms with Crippen molar-refractivity contribution in [3.8, 4) is 0 Å². The summed E-state index contributed by atoms with van der Waals surface area (Å²) in [6.45, 7) is 0.753. The van der Waals surface area contributed by atoms with Crippen LogP contribution in [0.1, 0.15) is 10.4 Å². The first-order valence-electron chi connectivity index (χ1n) is 4.73. The first-order valence-corrected chi connectivity index (χ1v) is 5.52. The van der Waals surface area contributed by atoms with Crippen molar-refractivity contribution in [2.75, 3.05) is 13.1 Å². The van der Waals surface area contributed by atoms with E-state index in [0.717, 1.165) is 0 Å². The molecule has 16 heavy (non-hydrogen) atoms. The summed E-state index contributed by atoms with van der Waals surface area (Å²) >= 11 is 3.18. The molecule has 0 unspecified atom stereocenters. The van der Waals surface area contributed by atoms with E-state index in [0.29, 0.717) is 17.6 Å². The molecule has 0 saturated carbocycles. The summed E-state index contributed by atoms with van der Waals surface area (Å²) < 4.78 is 13.9. The lowest BCUT2D eigenvalue weighted by molar-refractivity contribution is 0.0954. The molecule has 1 rings (SSSR count). The van der Waals surface area contributed by atoms with Crippen LogP contribution in [-0.4, -0.2) is 19.0 Å². The molecule has 0 aromatic heterocycles. The van der Waals surface area contributed by atoms with Gasteiger partial charge in [0.25, 0.3) is 5.91 Å². The molecule has 0 fully saturated rings. The third-order valence-corrected chi connectivity index (χ3v) is 2.35. The van der Waals surface area contributed by atoms with Gasteiger partial charge in [0.15, 0.2) is 0 Å². The number of rotatable bonds is 4. The van der Waals surface area contributed by atoms with Crippen LogP contribution in [0.2, 0.25) is 0 Å². The number of nitrogens with two attached hydrogens (primary N) is 1. The van der Waals surface area contributed by atoms with E-state index in [2.05, 4.69) is 21.2 Å². The third kappa shape index (κ3) is 3.75. The van der Waals surface area contributed by atoms with E-state index in [9.17, 15) is 9.18 Å². The van der Waals surface area contributed by atoms with Crippen molar-refractivity contribution in [2.24, 2.45) is 5.73 Å². The highest BCUT2D eigenvalue weighted by Crippen LogP contribution is 2.15. The SMILES string of the molecule is NC/C=C/CNC(=O)c1cc(Br)ccc1F. The van der Waals surface area contributed by atoms with E-state index >= 15 is 0 Å². The minimum atomic E-state index is -0.538. The Balaban J connectivity index is 2.65. The van der Waals surface area contributed by atoms with Crippen LogP contribution in [0.3, 0.4) is 0 Å². The molecular weight excluding hydrogens is 275 g/mol. The lowest BCUT2D eigenvalue weighted by atomic mass is 10.2. The number of hydrogen-bond donors (Lipinski definition) is 2. The van der Waals surface area contributed by atoms with Crippen LogP contribution in [0.25, 0.3) is 0 Å². The van der Waals surface area contributed by atoms with E-state index in [-0.39, 0.29) is 5.56 Å². The molecule has 86 valence electrons. The van der Waals surface area contributed by atoms with E-state index in [1.165, 1.54) is 12.1 Å². The van der Waals surface area contributed by atoms with E-state index < -0.39 is 11.7 Å². The van der Waals surface area contributed by atoms with Crippen LogP contribution in [0, 0.1) is 5.82 Å². The normalized spacial score (nSPS) is 10.7. The Hall–Kier alpha value is -1.20. The molecule has 0 heterocycles. The molecule has 1 aromatic rings. The molecule has 5 heteroatoms. The summed E-state index contributed by atoms with van der Waals surface area (Å²) in [5.74, 6) is -0.982. The molecule has 0 spiro atoms. The molecule has 3 N–H and O–H groups in total. The lowest BCUT2D eigenvalue weighted by Gasteiger charge is -2.04. The second-order valence-electron chi connectivity index (χ2n) is 3.04. The largest absolute Gasteiger partial charge is 0.348 e. The zero-order chi connectivity index (χ0) is 12.0. The molecule has 0 aliphatic carbocycles. The highest BCUT2D eigenvalue weighted by Gasteiger charge is 2.10. The van der Waals surface area contributed by atoms with Crippen molar-refractivity contribution in [1.29, 1.82) is 0 Å². The quantitative estimate of drug-likeness (QED) is 0.830. The van der Waals surface area contributed by atoms with Crippen LogP contribution in [0.4, 0.5) is 4.39 Å². The molecule has 0 radical (unpaired) electrons. The molecule has 0 atom stereocenters. The molecule has 3 nitrogen and oxygen atoms in total. The van der Waals surface area contributed by atoms with Gasteiger partial charge in [0.2, 0.25) is 0 Å². The second-order valence-corrected chi connectivity index (χ2v) is 3.96. The topological polar surface area (TPSA) is 55.1 Å². The van der Waals surface area contributed by atoms with Crippen molar-refractivity contribution in [2.45, 2.75) is 0 Å². The summed E-state index contributed by atoms with van der Waals surface area (Å²) in [6, 6.07) is 4.23. The molecule has 0 saturated heterocycles. The number of carbonyl (C=O) groups excluding carboxylic acids is 1. The average Bonchev–Trinajstić information content (AvgIpc) is 2.27. The van der Waals surface area contributed by atoms with Crippen LogP contribution in [-0.2, 0) is 0 Å². The van der Waals surface area contributed by atoms with E-state index in [4.69, 9.17) is 5.73 Å². The zero-order valence-corrected chi connectivity index (χ0v) is 10.1. The average molecular weight is 287 g/mol. The van der Waals surface area contributed by atoms with Crippen LogP contribution in [0.15, 0.2) is 34.8 Å². The van der Waals surface area contributed by atoms with E-state index in [1.54, 1.807) is 18.2 Å². The van der Waals surface area contributed by atoms with Gasteiger partial charge >= 0.3 is 0 Å². The van der Waals surface area contributed by atoms with Gasteiger partial charge < -0.3 is 11.1 Å². The maximum absolute atomic E-state index is 13.3. The zero-order valence-electron chi connectivity index (χ0n) is 8.54. The van der Waals surface area contributed by atoms with Gasteiger partial charge in [0, 0.05) is 17.6 Å². The predicted octanol–water partition coefficient (Wildman–Crippen LogP) is 1.83. The molecular formula is C11H12BrFN2O. The smallest absolute Gasteiger partial charge is 0.254 e. The number of benzene rings is 1. The van der Waals surface area contributed by atoms with Crippen molar-refractivity contribution < 1.29 is 9.18 Å². The summed E-state index contributed by atoms with van der Waals surface area (Å²) in [6.07, 6.45) is 3.44. The van der Waals surface area contributed by atoms with Crippen LogP contribution < -0.4 is 11.1 Å². The minimum Gasteiger partial charge on any atom is -0.348 e. The fraction of sp³-hybridized carbons (Fsp3) is 0.182. The van der Waals surface area contributed by atoms with Gasteiger partial charge in [-0.2, -0.15) is 0 Å². The van der Waals surface area contributed by atoms with Crippen LogP contribution >= 0.6 is 15.9 Å². The van der Waals surface area contributed by atoms with Gasteiger partial charge in [0.1, 0.15) is 5.82 Å². The Morgan fingerprint density at radius 3 is 2.94 bits per heavy atom. The Kier molecular flexibility index (Phi) is 5.14. The number of nitrogens with one attached hydrogen (secondary N) is 1. The van der Waals surface area contributed by atoms with E-state index in [1.807, 2.05) is 0 Å². The molecule has 0 aliphatic rings. The number of hydrogen-bond acceptors (Lipinski definition) is 2. The van der Waals surface area contributed by atoms with Gasteiger partial charge in [-0.25, -0.2) is 4.39 Å². The van der Waals surface area contributed by atoms with Crippen molar-refractivity contribution >= 4 is 21.8 Å². The maximum Gasteiger partial charge on any atom is 0.254 e. The Morgan fingerprint density at radius 1 is 1.50 bits per heavy atom. The summed E-state index contributed by atoms with van der Waals surface area (Å²) in [7, 11) is 0. The molecule has 0 bridgehead atoms. The number of amides is 1. The van der Waals surface area contributed by atoms with Gasteiger partial charge in [0.05, 0.1) is 5.56 Å². The Morgan fingerprint density at radius 2 is 2.25 bits per heavy atom. The first kappa shape index (κ1) is 12.9. The second kappa shape index (κ2) is 6.40. The molecule has 0 aliphatic heterocycles.